The summed E-state index contributed by atoms with van der Waals surface area (Å²) >= 11 is 0. The summed E-state index contributed by atoms with van der Waals surface area (Å²) in [5.74, 6) is 0. The van der Waals surface area contributed by atoms with Crippen LogP contribution in [-0.4, -0.2) is 49.3 Å². The summed E-state index contributed by atoms with van der Waals surface area (Å²) in [6.45, 7) is 4.02. The van der Waals surface area contributed by atoms with E-state index in [1.165, 1.54) is 96.3 Å². The number of unbranched alkanes of at least 4 members (excludes halogenated alkanes) is 15. The Kier molecular flexibility index (Phi) is 13.5. The number of hydrogen-bond acceptors (Lipinski definition) is 4. The summed E-state index contributed by atoms with van der Waals surface area (Å²) in [6.07, 6.45) is 21.5. The first kappa shape index (κ1) is 24.1. The van der Waals surface area contributed by atoms with Crippen LogP contribution in [0.5, 0.6) is 0 Å². The summed E-state index contributed by atoms with van der Waals surface area (Å²) < 4.78 is 17.1. The van der Waals surface area contributed by atoms with Crippen molar-refractivity contribution in [1.82, 2.24) is 0 Å². The van der Waals surface area contributed by atoms with Gasteiger partial charge in [0.1, 0.15) is 24.4 Å². The topological polar surface area (TPSA) is 47.9 Å². The number of aliphatic hydroxyl groups is 1. The number of fused-ring (bicyclic) bond motifs is 1. The molecule has 2 rings (SSSR count). The lowest BCUT2D eigenvalue weighted by Gasteiger charge is -2.16. The van der Waals surface area contributed by atoms with Crippen LogP contribution in [-0.2, 0) is 14.2 Å². The molecule has 1 N–H and O–H groups in total. The van der Waals surface area contributed by atoms with E-state index in [0.717, 1.165) is 13.0 Å². The van der Waals surface area contributed by atoms with E-state index < -0.39 is 6.10 Å². The van der Waals surface area contributed by atoms with Crippen molar-refractivity contribution in [3.63, 3.8) is 0 Å². The predicted octanol–water partition coefficient (Wildman–Crippen LogP) is 5.79. The molecule has 2 heterocycles. The average Bonchev–Trinajstić information content (AvgIpc) is 3.27. The fourth-order valence-electron chi connectivity index (χ4n) is 4.47. The summed E-state index contributed by atoms with van der Waals surface area (Å²) in [5.41, 5.74) is 0. The minimum absolute atomic E-state index is 0.0125. The highest BCUT2D eigenvalue weighted by Gasteiger charge is 2.47. The molecular formula is C24H46O4. The fraction of sp³-hybridized carbons (Fsp3) is 1.00. The predicted molar refractivity (Wildman–Crippen MR) is 115 cm³/mol. The lowest BCUT2D eigenvalue weighted by Crippen LogP contribution is -2.33. The van der Waals surface area contributed by atoms with Gasteiger partial charge in [0.15, 0.2) is 0 Å². The highest BCUT2D eigenvalue weighted by molar-refractivity contribution is 4.94. The lowest BCUT2D eigenvalue weighted by atomic mass is 10.0. The quantitative estimate of drug-likeness (QED) is 0.297. The van der Waals surface area contributed by atoms with Crippen molar-refractivity contribution in [2.45, 2.75) is 134 Å². The molecule has 0 bridgehead atoms. The van der Waals surface area contributed by atoms with Crippen LogP contribution in [0.4, 0.5) is 0 Å². The first-order valence-corrected chi connectivity index (χ1v) is 12.4. The Bertz CT molecular complexity index is 363. The van der Waals surface area contributed by atoms with Gasteiger partial charge >= 0.3 is 0 Å². The molecule has 0 aromatic carbocycles. The first-order valence-electron chi connectivity index (χ1n) is 12.4. The van der Waals surface area contributed by atoms with Crippen LogP contribution in [0.1, 0.15) is 110 Å². The van der Waals surface area contributed by atoms with E-state index in [2.05, 4.69) is 6.92 Å². The molecular weight excluding hydrogens is 352 g/mol. The third kappa shape index (κ3) is 9.56. The van der Waals surface area contributed by atoms with Gasteiger partial charge in [-0.3, -0.25) is 0 Å². The van der Waals surface area contributed by atoms with Crippen LogP contribution in [0, 0.1) is 0 Å². The Morgan fingerprint density at radius 2 is 1.11 bits per heavy atom. The van der Waals surface area contributed by atoms with Gasteiger partial charge < -0.3 is 19.3 Å². The lowest BCUT2D eigenvalue weighted by molar-refractivity contribution is -0.0378. The largest absolute Gasteiger partial charge is 0.388 e. The fourth-order valence-corrected chi connectivity index (χ4v) is 4.47. The summed E-state index contributed by atoms with van der Waals surface area (Å²) in [5, 5.41) is 9.73. The summed E-state index contributed by atoms with van der Waals surface area (Å²) in [7, 11) is 0. The van der Waals surface area contributed by atoms with Crippen LogP contribution in [0.2, 0.25) is 0 Å². The molecule has 0 aromatic rings. The second-order valence-corrected chi connectivity index (χ2v) is 8.88. The number of hydrogen-bond donors (Lipinski definition) is 1. The van der Waals surface area contributed by atoms with E-state index in [1.807, 2.05) is 0 Å². The van der Waals surface area contributed by atoms with Gasteiger partial charge in [0, 0.05) is 6.61 Å². The summed E-state index contributed by atoms with van der Waals surface area (Å²) in [4.78, 5) is 0. The zero-order chi connectivity index (χ0) is 19.9. The Labute approximate surface area is 173 Å². The highest BCUT2D eigenvalue weighted by atomic mass is 16.6. The van der Waals surface area contributed by atoms with E-state index in [9.17, 15) is 5.11 Å². The molecule has 0 saturated carbocycles. The second kappa shape index (κ2) is 15.6. The Morgan fingerprint density at radius 3 is 1.64 bits per heavy atom. The first-order chi connectivity index (χ1) is 13.8. The minimum atomic E-state index is -0.478. The van der Waals surface area contributed by atoms with E-state index in [4.69, 9.17) is 14.2 Å². The van der Waals surface area contributed by atoms with Gasteiger partial charge in [0.2, 0.25) is 0 Å². The van der Waals surface area contributed by atoms with Gasteiger partial charge in [-0.05, 0) is 6.42 Å². The summed E-state index contributed by atoms with van der Waals surface area (Å²) in [6, 6.07) is 0. The molecule has 0 aromatic heterocycles. The van der Waals surface area contributed by atoms with Crippen LogP contribution >= 0.6 is 0 Å². The molecule has 166 valence electrons. The van der Waals surface area contributed by atoms with Crippen molar-refractivity contribution >= 4 is 0 Å². The van der Waals surface area contributed by atoms with Crippen LogP contribution in [0.3, 0.4) is 0 Å². The average molecular weight is 399 g/mol. The van der Waals surface area contributed by atoms with Crippen molar-refractivity contribution in [2.75, 3.05) is 19.8 Å². The second-order valence-electron chi connectivity index (χ2n) is 8.88. The molecule has 0 radical (unpaired) electrons. The van der Waals surface area contributed by atoms with Crippen molar-refractivity contribution < 1.29 is 19.3 Å². The molecule has 0 amide bonds. The normalized spacial score (nSPS) is 26.8. The van der Waals surface area contributed by atoms with Gasteiger partial charge in [0.05, 0.1) is 13.2 Å². The van der Waals surface area contributed by atoms with E-state index in [1.54, 1.807) is 0 Å². The van der Waals surface area contributed by atoms with E-state index in [-0.39, 0.29) is 18.3 Å². The molecule has 2 fully saturated rings. The van der Waals surface area contributed by atoms with Gasteiger partial charge in [-0.2, -0.15) is 0 Å². The van der Waals surface area contributed by atoms with Crippen molar-refractivity contribution in [1.29, 1.82) is 0 Å². The van der Waals surface area contributed by atoms with Gasteiger partial charge in [0.25, 0.3) is 0 Å². The van der Waals surface area contributed by atoms with Crippen molar-refractivity contribution in [3.05, 3.63) is 0 Å². The molecule has 28 heavy (non-hydrogen) atoms. The number of ether oxygens (including phenoxy) is 3. The Morgan fingerprint density at radius 1 is 0.643 bits per heavy atom. The van der Waals surface area contributed by atoms with E-state index in [0.29, 0.717) is 13.2 Å². The van der Waals surface area contributed by atoms with Gasteiger partial charge in [-0.15, -0.1) is 0 Å². The third-order valence-electron chi connectivity index (χ3n) is 6.31. The number of rotatable bonds is 18. The molecule has 0 aliphatic carbocycles. The molecule has 2 aliphatic heterocycles. The zero-order valence-corrected chi connectivity index (χ0v) is 18.4. The molecule has 0 spiro atoms. The Balaban J connectivity index is 1.26. The number of aliphatic hydroxyl groups excluding tert-OH is 1. The molecule has 4 nitrogen and oxygen atoms in total. The van der Waals surface area contributed by atoms with Gasteiger partial charge in [-0.1, -0.05) is 103 Å². The van der Waals surface area contributed by atoms with Crippen LogP contribution in [0.15, 0.2) is 0 Å². The van der Waals surface area contributed by atoms with Gasteiger partial charge in [-0.25, -0.2) is 0 Å². The van der Waals surface area contributed by atoms with Crippen LogP contribution < -0.4 is 0 Å². The minimum Gasteiger partial charge on any atom is -0.388 e. The van der Waals surface area contributed by atoms with E-state index >= 15 is 0 Å². The van der Waals surface area contributed by atoms with Crippen LogP contribution in [0.25, 0.3) is 0 Å². The smallest absolute Gasteiger partial charge is 0.115 e. The molecule has 2 aliphatic rings. The maximum atomic E-state index is 9.73. The maximum Gasteiger partial charge on any atom is 0.115 e. The zero-order valence-electron chi connectivity index (χ0n) is 18.4. The molecule has 4 atom stereocenters. The SMILES string of the molecule is CCCCCCCCCCCCCCCCCCO[C@@H]1CO[C@H]2[C@@H]1OC[C@H]2O. The van der Waals surface area contributed by atoms with Crippen molar-refractivity contribution in [2.24, 2.45) is 0 Å². The molecule has 0 unspecified atom stereocenters. The molecule has 2 saturated heterocycles. The Hall–Kier alpha value is -0.160. The highest BCUT2D eigenvalue weighted by Crippen LogP contribution is 2.28. The van der Waals surface area contributed by atoms with Crippen molar-refractivity contribution in [3.8, 4) is 0 Å². The third-order valence-corrected chi connectivity index (χ3v) is 6.31. The monoisotopic (exact) mass is 398 g/mol. The standard InChI is InChI=1S/C24H46O4/c1-2-3-4-5-6-7-8-9-10-11-12-13-14-15-16-17-18-26-22-20-28-23-21(25)19-27-24(22)23/h21-25H,2-20H2,1H3/t21-,22-,23-,24-/m1/s1. The molecule has 4 heteroatoms. The maximum absolute atomic E-state index is 9.73.